The smallest absolute Gasteiger partial charge is 0.123 e. The molecule has 1 fully saturated rings. The summed E-state index contributed by atoms with van der Waals surface area (Å²) in [6, 6.07) is 7.27. The molecule has 0 radical (unpaired) electrons. The molecule has 124 valence electrons. The van der Waals surface area contributed by atoms with Crippen molar-refractivity contribution in [1.29, 1.82) is 0 Å². The summed E-state index contributed by atoms with van der Waals surface area (Å²) in [5.74, 6) is -0.182. The van der Waals surface area contributed by atoms with Gasteiger partial charge in [-0.1, -0.05) is 32.4 Å². The molecule has 2 rings (SSSR count). The quantitative estimate of drug-likeness (QED) is 0.819. The zero-order valence-corrected chi connectivity index (χ0v) is 14.4. The predicted octanol–water partition coefficient (Wildman–Crippen LogP) is 4.12. The van der Waals surface area contributed by atoms with E-state index in [1.165, 1.54) is 12.0 Å². The Kier molecular flexibility index (Phi) is 5.29. The van der Waals surface area contributed by atoms with Gasteiger partial charge in [-0.25, -0.2) is 4.39 Å². The first-order chi connectivity index (χ1) is 10.4. The van der Waals surface area contributed by atoms with Crippen LogP contribution in [0.2, 0.25) is 0 Å². The highest BCUT2D eigenvalue weighted by molar-refractivity contribution is 5.31. The summed E-state index contributed by atoms with van der Waals surface area (Å²) in [5.41, 5.74) is 0.654. The van der Waals surface area contributed by atoms with E-state index < -0.39 is 5.60 Å². The maximum Gasteiger partial charge on any atom is 0.123 e. The third kappa shape index (κ3) is 3.21. The largest absolute Gasteiger partial charge is 0.390 e. The zero-order chi connectivity index (χ0) is 16.4. The zero-order valence-electron chi connectivity index (χ0n) is 14.4. The second-order valence-electron chi connectivity index (χ2n) is 7.13. The SMILES string of the molecule is CCC(O)(CC)CC(N(C)C)C1(c2ccc(F)cc2)CCC1. The van der Waals surface area contributed by atoms with E-state index in [1.807, 2.05) is 12.1 Å². The second-order valence-corrected chi connectivity index (χ2v) is 7.13. The number of likely N-dealkylation sites (N-methyl/N-ethyl adjacent to an activating group) is 1. The van der Waals surface area contributed by atoms with Crippen LogP contribution in [0.5, 0.6) is 0 Å². The number of benzene rings is 1. The van der Waals surface area contributed by atoms with Crippen LogP contribution < -0.4 is 0 Å². The van der Waals surface area contributed by atoms with Gasteiger partial charge in [0.1, 0.15) is 5.82 Å². The van der Waals surface area contributed by atoms with Crippen molar-refractivity contribution in [3.63, 3.8) is 0 Å². The van der Waals surface area contributed by atoms with Gasteiger partial charge in [0.2, 0.25) is 0 Å². The Morgan fingerprint density at radius 1 is 1.18 bits per heavy atom. The average molecular weight is 307 g/mol. The van der Waals surface area contributed by atoms with Crippen molar-refractivity contribution in [2.75, 3.05) is 14.1 Å². The molecular formula is C19H30FNO. The first-order valence-electron chi connectivity index (χ1n) is 8.52. The van der Waals surface area contributed by atoms with Crippen LogP contribution in [0.15, 0.2) is 24.3 Å². The maximum atomic E-state index is 13.3. The Morgan fingerprint density at radius 3 is 2.09 bits per heavy atom. The summed E-state index contributed by atoms with van der Waals surface area (Å²) in [4.78, 5) is 2.25. The van der Waals surface area contributed by atoms with Gasteiger partial charge >= 0.3 is 0 Å². The van der Waals surface area contributed by atoms with Gasteiger partial charge in [-0.05, 0) is 63.9 Å². The molecule has 1 unspecified atom stereocenters. The highest BCUT2D eigenvalue weighted by atomic mass is 19.1. The molecule has 1 aromatic rings. The number of hydrogen-bond donors (Lipinski definition) is 1. The lowest BCUT2D eigenvalue weighted by Crippen LogP contribution is -2.55. The van der Waals surface area contributed by atoms with Crippen molar-refractivity contribution in [2.45, 2.75) is 69.4 Å². The number of halogens is 1. The van der Waals surface area contributed by atoms with Gasteiger partial charge in [0.25, 0.3) is 0 Å². The molecule has 1 aliphatic carbocycles. The van der Waals surface area contributed by atoms with Gasteiger partial charge in [0.05, 0.1) is 5.60 Å². The van der Waals surface area contributed by atoms with Crippen molar-refractivity contribution in [1.82, 2.24) is 4.90 Å². The molecular weight excluding hydrogens is 277 g/mol. The average Bonchev–Trinajstić information content (AvgIpc) is 2.46. The van der Waals surface area contributed by atoms with Gasteiger partial charge in [0, 0.05) is 11.5 Å². The summed E-state index contributed by atoms with van der Waals surface area (Å²) < 4.78 is 13.3. The lowest BCUT2D eigenvalue weighted by Gasteiger charge is -2.52. The van der Waals surface area contributed by atoms with Gasteiger partial charge in [-0.15, -0.1) is 0 Å². The molecule has 0 aromatic heterocycles. The molecule has 0 spiro atoms. The molecule has 2 nitrogen and oxygen atoms in total. The molecule has 0 saturated heterocycles. The molecule has 1 N–H and O–H groups in total. The lowest BCUT2D eigenvalue weighted by molar-refractivity contribution is -0.0272. The monoisotopic (exact) mass is 307 g/mol. The van der Waals surface area contributed by atoms with Crippen molar-refractivity contribution in [3.8, 4) is 0 Å². The van der Waals surface area contributed by atoms with Crippen LogP contribution in [-0.4, -0.2) is 35.7 Å². The van der Waals surface area contributed by atoms with Crippen molar-refractivity contribution in [3.05, 3.63) is 35.6 Å². The minimum atomic E-state index is -0.614. The fourth-order valence-electron chi connectivity index (χ4n) is 3.92. The van der Waals surface area contributed by atoms with Crippen molar-refractivity contribution >= 4 is 0 Å². The third-order valence-electron chi connectivity index (χ3n) is 5.82. The van der Waals surface area contributed by atoms with E-state index in [4.69, 9.17) is 0 Å². The van der Waals surface area contributed by atoms with Crippen LogP contribution in [0.4, 0.5) is 4.39 Å². The van der Waals surface area contributed by atoms with E-state index in [1.54, 1.807) is 12.1 Å². The van der Waals surface area contributed by atoms with E-state index in [0.717, 1.165) is 32.1 Å². The highest BCUT2D eigenvalue weighted by Crippen LogP contribution is 2.50. The molecule has 0 heterocycles. The topological polar surface area (TPSA) is 23.5 Å². The fourth-order valence-corrected chi connectivity index (χ4v) is 3.92. The van der Waals surface area contributed by atoms with Crippen LogP contribution in [0.3, 0.4) is 0 Å². The third-order valence-corrected chi connectivity index (χ3v) is 5.82. The predicted molar refractivity (Wildman–Crippen MR) is 89.6 cm³/mol. The first kappa shape index (κ1) is 17.4. The minimum absolute atomic E-state index is 0.0511. The molecule has 0 bridgehead atoms. The summed E-state index contributed by atoms with van der Waals surface area (Å²) in [6.07, 6.45) is 5.75. The molecule has 1 saturated carbocycles. The first-order valence-corrected chi connectivity index (χ1v) is 8.52. The van der Waals surface area contributed by atoms with Gasteiger partial charge in [-0.3, -0.25) is 0 Å². The number of nitrogens with zero attached hydrogens (tertiary/aromatic N) is 1. The summed E-state index contributed by atoms with van der Waals surface area (Å²) in [7, 11) is 4.19. The number of hydrogen-bond acceptors (Lipinski definition) is 2. The van der Waals surface area contributed by atoms with Crippen molar-refractivity contribution < 1.29 is 9.50 Å². The Hall–Kier alpha value is -0.930. The fraction of sp³-hybridized carbons (Fsp3) is 0.684. The van der Waals surface area contributed by atoms with E-state index in [2.05, 4.69) is 32.8 Å². The van der Waals surface area contributed by atoms with E-state index in [0.29, 0.717) is 0 Å². The molecule has 0 aliphatic heterocycles. The molecule has 3 heteroatoms. The van der Waals surface area contributed by atoms with Gasteiger partial charge in [-0.2, -0.15) is 0 Å². The van der Waals surface area contributed by atoms with Crippen LogP contribution in [0.1, 0.15) is 57.9 Å². The number of rotatable bonds is 7. The van der Waals surface area contributed by atoms with E-state index in [-0.39, 0.29) is 17.3 Å². The van der Waals surface area contributed by atoms with Gasteiger partial charge in [0.15, 0.2) is 0 Å². The van der Waals surface area contributed by atoms with E-state index >= 15 is 0 Å². The molecule has 1 aliphatic rings. The molecule has 0 amide bonds. The highest BCUT2D eigenvalue weighted by Gasteiger charge is 2.48. The summed E-state index contributed by atoms with van der Waals surface area (Å²) in [5, 5.41) is 10.8. The maximum absolute atomic E-state index is 13.3. The van der Waals surface area contributed by atoms with Crippen LogP contribution in [0.25, 0.3) is 0 Å². The minimum Gasteiger partial charge on any atom is -0.390 e. The van der Waals surface area contributed by atoms with E-state index in [9.17, 15) is 9.50 Å². The standard InChI is InChI=1S/C19H30FNO/c1-5-18(22,6-2)14-17(21(3)4)19(12-7-13-19)15-8-10-16(20)11-9-15/h8-11,17,22H,5-7,12-14H2,1-4H3. The molecule has 1 atom stereocenters. The van der Waals surface area contributed by atoms with Gasteiger partial charge < -0.3 is 10.0 Å². The number of aliphatic hydroxyl groups is 1. The van der Waals surface area contributed by atoms with Crippen LogP contribution in [0, 0.1) is 5.82 Å². The Bertz CT molecular complexity index is 475. The molecule has 1 aromatic carbocycles. The Morgan fingerprint density at radius 2 is 1.73 bits per heavy atom. The Balaban J connectivity index is 2.34. The lowest BCUT2D eigenvalue weighted by atomic mass is 9.58. The Labute approximate surface area is 134 Å². The van der Waals surface area contributed by atoms with Crippen LogP contribution >= 0.6 is 0 Å². The van der Waals surface area contributed by atoms with Crippen molar-refractivity contribution in [2.24, 2.45) is 0 Å². The normalized spacial score (nSPS) is 19.0. The summed E-state index contributed by atoms with van der Waals surface area (Å²) >= 11 is 0. The van der Waals surface area contributed by atoms with Crippen LogP contribution in [-0.2, 0) is 5.41 Å². The molecule has 22 heavy (non-hydrogen) atoms. The second kappa shape index (κ2) is 6.67. The summed E-state index contributed by atoms with van der Waals surface area (Å²) in [6.45, 7) is 4.11.